The third-order valence-corrected chi connectivity index (χ3v) is 1.44. The van der Waals surface area contributed by atoms with Gasteiger partial charge in [0.15, 0.2) is 0 Å². The summed E-state index contributed by atoms with van der Waals surface area (Å²) in [4.78, 5) is 18.0. The maximum atomic E-state index is 11.2. The first kappa shape index (κ1) is 10.3. The van der Waals surface area contributed by atoms with Gasteiger partial charge in [-0.2, -0.15) is 4.79 Å². The van der Waals surface area contributed by atoms with Gasteiger partial charge in [0.25, 0.3) is 0 Å². The Morgan fingerprint density at radius 1 is 1.50 bits per heavy atom. The zero-order valence-electron chi connectivity index (χ0n) is 7.11. The molecule has 0 N–H and O–H groups in total. The van der Waals surface area contributed by atoms with Crippen LogP contribution in [0.25, 0.3) is 10.4 Å². The van der Waals surface area contributed by atoms with E-state index in [2.05, 4.69) is 9.63 Å². The molecule has 0 aromatic carbocycles. The van der Waals surface area contributed by atoms with E-state index in [1.807, 2.05) is 0 Å². The van der Waals surface area contributed by atoms with E-state index in [1.165, 1.54) is 4.90 Å². The van der Waals surface area contributed by atoms with Crippen LogP contribution in [0.5, 0.6) is 0 Å². The number of hydrogen-bond acceptors (Lipinski definition) is 1. The number of nitrogens with zero attached hydrogens (tertiary/aromatic N) is 4. The highest BCUT2D eigenvalue weighted by Crippen LogP contribution is 1.90. The minimum Gasteiger partial charge on any atom is -0.376 e. The SMILES string of the molecule is [C-]#[N+]C(=[N+]=[N-])C(=O)N(CC)CC. The van der Waals surface area contributed by atoms with Gasteiger partial charge in [0.05, 0.1) is 0 Å². The van der Waals surface area contributed by atoms with E-state index >= 15 is 0 Å². The summed E-state index contributed by atoms with van der Waals surface area (Å²) >= 11 is 0. The van der Waals surface area contributed by atoms with E-state index in [4.69, 9.17) is 12.1 Å². The number of likely N-dealkylation sites (N-methyl/N-ethyl adjacent to an activating group) is 1. The number of amides is 1. The van der Waals surface area contributed by atoms with Crippen molar-refractivity contribution >= 4 is 11.7 Å². The van der Waals surface area contributed by atoms with E-state index < -0.39 is 11.7 Å². The Bertz CT molecular complexity index is 255. The average molecular weight is 166 g/mol. The second kappa shape index (κ2) is 5.05. The summed E-state index contributed by atoms with van der Waals surface area (Å²) in [5.74, 6) is -1.02. The molecule has 0 spiro atoms. The minimum absolute atomic E-state index is 0.487. The second-order valence-electron chi connectivity index (χ2n) is 2.01. The molecule has 0 aromatic rings. The Morgan fingerprint density at radius 2 is 2.00 bits per heavy atom. The predicted molar refractivity (Wildman–Crippen MR) is 43.2 cm³/mol. The quantitative estimate of drug-likeness (QED) is 0.192. The molecule has 64 valence electrons. The van der Waals surface area contributed by atoms with Crippen LogP contribution in [0, 0.1) is 6.57 Å². The molecule has 5 nitrogen and oxygen atoms in total. The molecule has 0 heterocycles. The molecule has 0 saturated carbocycles. The van der Waals surface area contributed by atoms with Gasteiger partial charge in [-0.05, 0) is 13.8 Å². The molecule has 0 rings (SSSR count). The molecule has 0 fully saturated rings. The Balaban J connectivity index is 4.59. The summed E-state index contributed by atoms with van der Waals surface area (Å²) in [5, 5.41) is 0. The van der Waals surface area contributed by atoms with Crippen LogP contribution in [0.1, 0.15) is 13.8 Å². The molecule has 0 atom stereocenters. The number of rotatable bonds is 2. The van der Waals surface area contributed by atoms with Crippen LogP contribution in [-0.2, 0) is 4.79 Å². The molecule has 0 saturated heterocycles. The Hall–Kier alpha value is -1.66. The summed E-state index contributed by atoms with van der Waals surface area (Å²) in [6.07, 6.45) is 0. The standard InChI is InChI=1S/C7H10N4O/c1-4-11(5-2)7(12)6(9-3)10-8/h4-5H2,1-2H3. The molecule has 0 aliphatic rings. The monoisotopic (exact) mass is 166 g/mol. The van der Waals surface area contributed by atoms with Gasteiger partial charge < -0.3 is 10.4 Å². The van der Waals surface area contributed by atoms with E-state index in [9.17, 15) is 4.79 Å². The normalized spacial score (nSPS) is 8.08. The zero-order valence-corrected chi connectivity index (χ0v) is 7.11. The highest BCUT2D eigenvalue weighted by molar-refractivity contribution is 6.39. The highest BCUT2D eigenvalue weighted by Gasteiger charge is 2.25. The van der Waals surface area contributed by atoms with Gasteiger partial charge in [-0.25, -0.2) is 0 Å². The van der Waals surface area contributed by atoms with Crippen LogP contribution in [0.2, 0.25) is 0 Å². The summed E-state index contributed by atoms with van der Waals surface area (Å²) in [5.41, 5.74) is 8.26. The highest BCUT2D eigenvalue weighted by atomic mass is 16.2. The molecule has 0 radical (unpaired) electrons. The van der Waals surface area contributed by atoms with E-state index in [0.29, 0.717) is 13.1 Å². The van der Waals surface area contributed by atoms with Gasteiger partial charge in [0.2, 0.25) is 0 Å². The molecular weight excluding hydrogens is 156 g/mol. The number of hydrogen-bond donors (Lipinski definition) is 0. The molecule has 0 aliphatic carbocycles. The van der Waals surface area contributed by atoms with Crippen molar-refractivity contribution in [3.05, 3.63) is 16.9 Å². The fraction of sp³-hybridized carbons (Fsp3) is 0.571. The van der Waals surface area contributed by atoms with Crippen molar-refractivity contribution in [2.75, 3.05) is 13.1 Å². The Morgan fingerprint density at radius 3 is 2.25 bits per heavy atom. The van der Waals surface area contributed by atoms with E-state index in [-0.39, 0.29) is 0 Å². The predicted octanol–water partition coefficient (Wildman–Crippen LogP) is 0.402. The fourth-order valence-corrected chi connectivity index (χ4v) is 0.765. The van der Waals surface area contributed by atoms with Crippen LogP contribution in [0.15, 0.2) is 0 Å². The zero-order chi connectivity index (χ0) is 9.56. The lowest BCUT2D eigenvalue weighted by Crippen LogP contribution is -2.35. The van der Waals surface area contributed by atoms with Crippen molar-refractivity contribution in [2.24, 2.45) is 0 Å². The minimum atomic E-state index is -0.530. The van der Waals surface area contributed by atoms with Crippen molar-refractivity contribution in [2.45, 2.75) is 13.8 Å². The van der Waals surface area contributed by atoms with Gasteiger partial charge in [0.1, 0.15) is 6.57 Å². The van der Waals surface area contributed by atoms with Crippen molar-refractivity contribution in [1.29, 1.82) is 0 Å². The first-order valence-corrected chi connectivity index (χ1v) is 3.60. The first-order valence-electron chi connectivity index (χ1n) is 3.60. The summed E-state index contributed by atoms with van der Waals surface area (Å²) in [6, 6.07) is 0. The second-order valence-corrected chi connectivity index (χ2v) is 2.01. The topological polar surface area (TPSA) is 61.1 Å². The molecule has 0 aliphatic heterocycles. The molecule has 0 unspecified atom stereocenters. The largest absolute Gasteiger partial charge is 0.585 e. The smallest absolute Gasteiger partial charge is 0.376 e. The van der Waals surface area contributed by atoms with Crippen LogP contribution in [0.4, 0.5) is 0 Å². The Kier molecular flexibility index (Phi) is 4.35. The third-order valence-electron chi connectivity index (χ3n) is 1.44. The van der Waals surface area contributed by atoms with Gasteiger partial charge in [-0.3, -0.25) is 4.79 Å². The van der Waals surface area contributed by atoms with Crippen LogP contribution < -0.4 is 0 Å². The first-order chi connectivity index (χ1) is 5.71. The molecule has 5 heteroatoms. The van der Waals surface area contributed by atoms with E-state index in [0.717, 1.165) is 0 Å². The average Bonchev–Trinajstić information content (AvgIpc) is 2.09. The lowest BCUT2D eigenvalue weighted by molar-refractivity contribution is -0.128. The van der Waals surface area contributed by atoms with Crippen molar-refractivity contribution in [1.82, 2.24) is 4.90 Å². The van der Waals surface area contributed by atoms with Gasteiger partial charge in [-0.15, -0.1) is 4.85 Å². The molecule has 12 heavy (non-hydrogen) atoms. The van der Waals surface area contributed by atoms with Crippen LogP contribution in [-0.4, -0.2) is 34.5 Å². The van der Waals surface area contributed by atoms with Crippen LogP contribution >= 0.6 is 0 Å². The summed E-state index contributed by atoms with van der Waals surface area (Å²) < 4.78 is 0. The third kappa shape index (κ3) is 2.19. The number of carbonyl (C=O) groups is 1. The van der Waals surface area contributed by atoms with Crippen molar-refractivity contribution < 1.29 is 9.58 Å². The van der Waals surface area contributed by atoms with Gasteiger partial charge >= 0.3 is 11.7 Å². The van der Waals surface area contributed by atoms with Gasteiger partial charge in [0, 0.05) is 13.1 Å². The Labute approximate surface area is 71.0 Å². The maximum Gasteiger partial charge on any atom is 0.585 e. The number of amidine groups is 1. The van der Waals surface area contributed by atoms with Crippen LogP contribution in [0.3, 0.4) is 0 Å². The number of carbonyl (C=O) groups excluding carboxylic acids is 1. The summed E-state index contributed by atoms with van der Waals surface area (Å²) in [6.45, 7) is 11.1. The van der Waals surface area contributed by atoms with E-state index in [1.54, 1.807) is 13.8 Å². The molecule has 0 bridgehead atoms. The van der Waals surface area contributed by atoms with Crippen molar-refractivity contribution in [3.63, 3.8) is 0 Å². The summed E-state index contributed by atoms with van der Waals surface area (Å²) in [7, 11) is 0. The molecule has 1 amide bonds. The van der Waals surface area contributed by atoms with Crippen molar-refractivity contribution in [3.8, 4) is 0 Å². The fourth-order valence-electron chi connectivity index (χ4n) is 0.765. The van der Waals surface area contributed by atoms with Gasteiger partial charge in [-0.1, -0.05) is 0 Å². The lowest BCUT2D eigenvalue weighted by Gasteiger charge is -2.13. The molecular formula is C7H10N4O. The molecule has 0 aromatic heterocycles. The maximum absolute atomic E-state index is 11.2. The lowest BCUT2D eigenvalue weighted by atomic mass is 10.4.